The lowest BCUT2D eigenvalue weighted by Crippen LogP contribution is -1.93. The molecule has 1 aromatic heterocycles. The second kappa shape index (κ2) is 5.72. The van der Waals surface area contributed by atoms with E-state index in [9.17, 15) is 0 Å². The number of fused-ring (bicyclic) bond motifs is 3. The average molecular weight is 283 g/mol. The predicted octanol–water partition coefficient (Wildman–Crippen LogP) is 5.18. The fourth-order valence-corrected chi connectivity index (χ4v) is 2.98. The molecule has 0 saturated heterocycles. The van der Waals surface area contributed by atoms with Crippen molar-refractivity contribution in [2.75, 3.05) is 0 Å². The van der Waals surface area contributed by atoms with Crippen LogP contribution in [0.5, 0.6) is 0 Å². The molecule has 22 heavy (non-hydrogen) atoms. The summed E-state index contributed by atoms with van der Waals surface area (Å²) in [4.78, 5) is 0. The molecule has 0 saturated carbocycles. The van der Waals surface area contributed by atoms with Crippen LogP contribution in [0.4, 0.5) is 0 Å². The van der Waals surface area contributed by atoms with Crippen LogP contribution in [0.2, 0.25) is 0 Å². The number of nitrogens with zero attached hydrogens (tertiary/aromatic N) is 1. The average Bonchev–Trinajstić information content (AvgIpc) is 2.81. The maximum Gasteiger partial charge on any atom is 0.234 e. The molecule has 3 aromatic rings. The topological polar surface area (TPSA) is 4.93 Å². The number of aryl methyl sites for hydroxylation is 1. The summed E-state index contributed by atoms with van der Waals surface area (Å²) in [7, 11) is 6.30. The first-order valence-electron chi connectivity index (χ1n) is 7.42. The molecule has 0 bridgehead atoms. The van der Waals surface area contributed by atoms with Gasteiger partial charge in [0, 0.05) is 21.8 Å². The minimum atomic E-state index is 1.05. The molecular formula is C20H18BN. The zero-order valence-electron chi connectivity index (χ0n) is 13.0. The third-order valence-electron chi connectivity index (χ3n) is 4.09. The first kappa shape index (κ1) is 14.5. The zero-order chi connectivity index (χ0) is 15.7. The number of benzene rings is 2. The molecule has 1 nitrogen and oxygen atoms in total. The van der Waals surface area contributed by atoms with E-state index in [0.717, 1.165) is 11.0 Å². The summed E-state index contributed by atoms with van der Waals surface area (Å²) < 4.78 is 1.78. The number of hydrogen-bond acceptors (Lipinski definition) is 0. The van der Waals surface area contributed by atoms with Crippen molar-refractivity contribution in [1.29, 1.82) is 0 Å². The second-order valence-electron chi connectivity index (χ2n) is 5.41. The van der Waals surface area contributed by atoms with Crippen LogP contribution in [0.15, 0.2) is 67.3 Å². The van der Waals surface area contributed by atoms with Gasteiger partial charge in [-0.1, -0.05) is 49.1 Å². The van der Waals surface area contributed by atoms with Gasteiger partial charge in [-0.2, -0.15) is 0 Å². The molecule has 2 heteroatoms. The maximum absolute atomic E-state index is 6.30. The Labute approximate surface area is 132 Å². The van der Waals surface area contributed by atoms with Gasteiger partial charge in [0.2, 0.25) is 7.98 Å². The van der Waals surface area contributed by atoms with E-state index in [1.807, 2.05) is 19.1 Å². The molecule has 0 aliphatic carbocycles. The summed E-state index contributed by atoms with van der Waals surface area (Å²) in [5.74, 6) is 0. The third kappa shape index (κ3) is 2.21. The van der Waals surface area contributed by atoms with Crippen LogP contribution >= 0.6 is 0 Å². The summed E-state index contributed by atoms with van der Waals surface area (Å²) >= 11 is 0. The smallest absolute Gasteiger partial charge is 0.234 e. The van der Waals surface area contributed by atoms with Gasteiger partial charge in [-0.15, -0.1) is 0 Å². The van der Waals surface area contributed by atoms with E-state index in [4.69, 9.17) is 7.98 Å². The maximum atomic E-state index is 6.30. The standard InChI is InChI=1S/C20H18BN/c1-4-6-9-15(5-2)17-13-20-18(12-14(17)3)16-10-7-8-11-19(16)22(20)21/h4-13H,1H2,2-3H3/b9-6-,15-5+. The van der Waals surface area contributed by atoms with Gasteiger partial charge in [-0.05, 0) is 48.7 Å². The lowest BCUT2D eigenvalue weighted by atomic mass is 9.97. The van der Waals surface area contributed by atoms with Crippen LogP contribution in [0.25, 0.3) is 27.4 Å². The molecule has 0 aliphatic heterocycles. The Morgan fingerprint density at radius 1 is 1.14 bits per heavy atom. The normalized spacial score (nSPS) is 12.5. The summed E-state index contributed by atoms with van der Waals surface area (Å²) in [5, 5.41) is 2.39. The monoisotopic (exact) mass is 283 g/mol. The molecule has 0 aliphatic rings. The van der Waals surface area contributed by atoms with Crippen molar-refractivity contribution in [3.8, 4) is 0 Å². The number of para-hydroxylation sites is 1. The molecule has 106 valence electrons. The first-order valence-corrected chi connectivity index (χ1v) is 7.42. The van der Waals surface area contributed by atoms with Crippen LogP contribution in [0.3, 0.4) is 0 Å². The van der Waals surface area contributed by atoms with Gasteiger partial charge in [0.05, 0.1) is 0 Å². The number of aromatic nitrogens is 1. The molecule has 2 aromatic carbocycles. The Hall–Kier alpha value is -2.48. The molecular weight excluding hydrogens is 265 g/mol. The Kier molecular flexibility index (Phi) is 3.76. The molecule has 0 unspecified atom stereocenters. The van der Waals surface area contributed by atoms with Gasteiger partial charge >= 0.3 is 0 Å². The van der Waals surface area contributed by atoms with E-state index in [1.54, 1.807) is 10.6 Å². The molecule has 0 spiro atoms. The van der Waals surface area contributed by atoms with Gasteiger partial charge in [0.25, 0.3) is 0 Å². The largest absolute Gasteiger partial charge is 0.397 e. The highest BCUT2D eigenvalue weighted by molar-refractivity contribution is 6.22. The van der Waals surface area contributed by atoms with Gasteiger partial charge in [0.15, 0.2) is 0 Å². The highest BCUT2D eigenvalue weighted by atomic mass is 14.9. The Bertz CT molecular complexity index is 926. The van der Waals surface area contributed by atoms with Crippen molar-refractivity contribution in [1.82, 2.24) is 4.48 Å². The molecule has 0 amide bonds. The number of rotatable bonds is 3. The Morgan fingerprint density at radius 2 is 1.91 bits per heavy atom. The summed E-state index contributed by atoms with van der Waals surface area (Å²) in [5.41, 5.74) is 5.71. The lowest BCUT2D eigenvalue weighted by Gasteiger charge is -2.09. The SMILES string of the molecule is [B]n1c2ccccc2c2cc(C)c(C(/C=C\C=C)=C/C)cc21. The van der Waals surface area contributed by atoms with E-state index >= 15 is 0 Å². The Balaban J connectivity index is 2.33. The summed E-state index contributed by atoms with van der Waals surface area (Å²) in [6, 6.07) is 12.6. The van der Waals surface area contributed by atoms with E-state index in [2.05, 4.69) is 56.0 Å². The Morgan fingerprint density at radius 3 is 2.64 bits per heavy atom. The number of hydrogen-bond donors (Lipinski definition) is 0. The van der Waals surface area contributed by atoms with E-state index in [1.165, 1.54) is 27.5 Å². The van der Waals surface area contributed by atoms with Crippen LogP contribution in [-0.2, 0) is 0 Å². The van der Waals surface area contributed by atoms with Gasteiger partial charge in [-0.25, -0.2) is 0 Å². The summed E-state index contributed by atoms with van der Waals surface area (Å²) in [6.45, 7) is 7.93. The molecule has 3 rings (SSSR count). The molecule has 0 N–H and O–H groups in total. The van der Waals surface area contributed by atoms with Crippen molar-refractivity contribution in [3.05, 3.63) is 78.4 Å². The van der Waals surface area contributed by atoms with Crippen molar-refractivity contribution < 1.29 is 0 Å². The highest BCUT2D eigenvalue weighted by Gasteiger charge is 2.11. The predicted molar refractivity (Wildman–Crippen MR) is 98.3 cm³/mol. The lowest BCUT2D eigenvalue weighted by molar-refractivity contribution is 1.37. The molecule has 2 radical (unpaired) electrons. The van der Waals surface area contributed by atoms with Gasteiger partial charge < -0.3 is 4.48 Å². The van der Waals surface area contributed by atoms with Crippen LogP contribution in [0.1, 0.15) is 18.1 Å². The fourth-order valence-electron chi connectivity index (χ4n) is 2.98. The number of allylic oxidation sites excluding steroid dienone is 5. The second-order valence-corrected chi connectivity index (χ2v) is 5.41. The molecule has 0 fully saturated rings. The van der Waals surface area contributed by atoms with Crippen molar-refractivity contribution >= 4 is 35.4 Å². The molecule has 0 atom stereocenters. The van der Waals surface area contributed by atoms with Crippen LogP contribution in [-0.4, -0.2) is 12.5 Å². The minimum Gasteiger partial charge on any atom is -0.397 e. The van der Waals surface area contributed by atoms with E-state index in [0.29, 0.717) is 0 Å². The van der Waals surface area contributed by atoms with Gasteiger partial charge in [-0.3, -0.25) is 0 Å². The van der Waals surface area contributed by atoms with E-state index < -0.39 is 0 Å². The van der Waals surface area contributed by atoms with Crippen LogP contribution in [0, 0.1) is 6.92 Å². The minimum absolute atomic E-state index is 1.05. The first-order chi connectivity index (χ1) is 10.7. The third-order valence-corrected chi connectivity index (χ3v) is 4.09. The van der Waals surface area contributed by atoms with Crippen molar-refractivity contribution in [2.45, 2.75) is 13.8 Å². The van der Waals surface area contributed by atoms with Crippen molar-refractivity contribution in [2.24, 2.45) is 0 Å². The highest BCUT2D eigenvalue weighted by Crippen LogP contribution is 2.32. The zero-order valence-corrected chi connectivity index (χ0v) is 13.0. The summed E-state index contributed by atoms with van der Waals surface area (Å²) in [6.07, 6.45) is 7.93. The molecule has 1 heterocycles. The van der Waals surface area contributed by atoms with Crippen LogP contribution < -0.4 is 0 Å². The van der Waals surface area contributed by atoms with Crippen molar-refractivity contribution in [3.63, 3.8) is 0 Å². The fraction of sp³-hybridized carbons (Fsp3) is 0.100. The quantitative estimate of drug-likeness (QED) is 0.461. The van der Waals surface area contributed by atoms with Gasteiger partial charge in [0.1, 0.15) is 0 Å². The van der Waals surface area contributed by atoms with E-state index in [-0.39, 0.29) is 0 Å².